The van der Waals surface area contributed by atoms with Gasteiger partial charge in [-0.25, -0.2) is 0 Å². The lowest BCUT2D eigenvalue weighted by Crippen LogP contribution is -2.31. The summed E-state index contributed by atoms with van der Waals surface area (Å²) in [5, 5.41) is 3.73. The minimum Gasteiger partial charge on any atom is -0.274 e. The Bertz CT molecular complexity index is 3560. The molecule has 0 N–H and O–H groups in total. The molecule has 1 aliphatic heterocycles. The van der Waals surface area contributed by atoms with Gasteiger partial charge in [-0.3, -0.25) is 14.5 Å². The number of thiophene rings is 6. The first-order valence-corrected chi connectivity index (χ1v) is 37.3. The lowest BCUT2D eigenvalue weighted by Gasteiger charge is -2.30. The van der Waals surface area contributed by atoms with Gasteiger partial charge in [0.2, 0.25) is 0 Å². The monoisotopic (exact) mass is 1220 g/mol. The molecule has 7 heterocycles. The first-order valence-electron chi connectivity index (χ1n) is 32.4. The number of rotatable bonds is 34. The zero-order valence-electron chi connectivity index (χ0n) is 51.0. The Balaban J connectivity index is 1.18. The molecular formula is C74H91NO2S6. The topological polar surface area (TPSA) is 37.4 Å². The number of benzene rings is 3. The van der Waals surface area contributed by atoms with E-state index in [1.807, 2.05) is 56.7 Å². The molecule has 440 valence electrons. The number of carbonyl (C=O) groups excluding carboxylic acids is 2. The zero-order chi connectivity index (χ0) is 57.9. The number of nitrogens with zero attached hydrogens (tertiary/aromatic N) is 1. The number of unbranched alkanes of at least 4 members (excludes halogenated alkanes) is 17. The van der Waals surface area contributed by atoms with Gasteiger partial charge in [0.15, 0.2) is 0 Å². The zero-order valence-corrected chi connectivity index (χ0v) is 55.9. The molecule has 10 rings (SSSR count). The van der Waals surface area contributed by atoms with E-state index in [4.69, 9.17) is 0 Å². The van der Waals surface area contributed by atoms with Gasteiger partial charge in [-0.1, -0.05) is 231 Å². The van der Waals surface area contributed by atoms with Gasteiger partial charge in [0.05, 0.1) is 15.1 Å². The van der Waals surface area contributed by atoms with Crippen LogP contribution in [0.4, 0.5) is 0 Å². The summed E-state index contributed by atoms with van der Waals surface area (Å²) < 4.78 is 3.85. The van der Waals surface area contributed by atoms with Crippen LogP contribution in [0.3, 0.4) is 0 Å². The van der Waals surface area contributed by atoms with E-state index in [9.17, 15) is 4.79 Å². The van der Waals surface area contributed by atoms with E-state index in [0.717, 1.165) is 74.3 Å². The summed E-state index contributed by atoms with van der Waals surface area (Å²) in [4.78, 5) is 42.9. The molecule has 3 aromatic carbocycles. The van der Waals surface area contributed by atoms with Crippen molar-refractivity contribution in [3.8, 4) is 30.6 Å². The molecule has 1 aliphatic rings. The summed E-state index contributed by atoms with van der Waals surface area (Å²) in [7, 11) is 0. The summed E-state index contributed by atoms with van der Waals surface area (Å²) in [6.45, 7) is 16.9. The van der Waals surface area contributed by atoms with Crippen LogP contribution < -0.4 is 0 Å². The maximum absolute atomic E-state index is 15.1. The maximum Gasteiger partial charge on any atom is 0.271 e. The van der Waals surface area contributed by atoms with Gasteiger partial charge in [0.25, 0.3) is 11.8 Å². The van der Waals surface area contributed by atoms with Crippen molar-refractivity contribution in [1.29, 1.82) is 0 Å². The van der Waals surface area contributed by atoms with Crippen molar-refractivity contribution < 1.29 is 9.59 Å². The molecule has 83 heavy (non-hydrogen) atoms. The summed E-state index contributed by atoms with van der Waals surface area (Å²) in [5.41, 5.74) is 5.54. The molecule has 0 saturated carbocycles. The van der Waals surface area contributed by atoms with Gasteiger partial charge < -0.3 is 0 Å². The van der Waals surface area contributed by atoms with E-state index in [2.05, 4.69) is 146 Å². The van der Waals surface area contributed by atoms with Crippen LogP contribution in [0.25, 0.3) is 60.9 Å². The van der Waals surface area contributed by atoms with Crippen LogP contribution in [-0.4, -0.2) is 23.3 Å². The Morgan fingerprint density at radius 1 is 0.398 bits per heavy atom. The van der Waals surface area contributed by atoms with Crippen molar-refractivity contribution in [2.24, 2.45) is 0 Å². The number of carbonyl (C=O) groups is 2. The quantitative estimate of drug-likeness (QED) is 0.0298. The highest BCUT2D eigenvalue weighted by Crippen LogP contribution is 2.59. The number of aryl methyl sites for hydroxylation is 2. The fraction of sp³-hybridized carbons (Fsp3) is 0.486. The normalized spacial score (nSPS) is 14.3. The first-order chi connectivity index (χ1) is 40.6. The fourth-order valence-corrected chi connectivity index (χ4v) is 21.3. The third-order valence-corrected chi connectivity index (χ3v) is 26.0. The molecule has 9 heteroatoms. The number of amides is 2. The highest BCUT2D eigenvalue weighted by Gasteiger charge is 2.44. The second-order valence-corrected chi connectivity index (χ2v) is 30.9. The van der Waals surface area contributed by atoms with E-state index in [1.54, 1.807) is 16.2 Å². The lowest BCUT2D eigenvalue weighted by molar-refractivity contribution is 0.0653. The summed E-state index contributed by atoms with van der Waals surface area (Å²) in [6.07, 6.45) is 31.1. The largest absolute Gasteiger partial charge is 0.274 e. The van der Waals surface area contributed by atoms with Crippen molar-refractivity contribution in [2.45, 2.75) is 226 Å². The third kappa shape index (κ3) is 13.2. The summed E-state index contributed by atoms with van der Waals surface area (Å²) in [5.74, 6) is -0.193. The van der Waals surface area contributed by atoms with Crippen LogP contribution in [0.1, 0.15) is 253 Å². The van der Waals surface area contributed by atoms with Gasteiger partial charge in [0.1, 0.15) is 4.88 Å². The predicted octanol–water partition coefficient (Wildman–Crippen LogP) is 25.3. The highest BCUT2D eigenvalue weighted by molar-refractivity contribution is 7.32. The van der Waals surface area contributed by atoms with Crippen LogP contribution >= 0.6 is 68.0 Å². The average molecular weight is 1220 g/mol. The summed E-state index contributed by atoms with van der Waals surface area (Å²) in [6, 6.07) is 37.3. The van der Waals surface area contributed by atoms with Crippen molar-refractivity contribution in [3.05, 3.63) is 138 Å². The van der Waals surface area contributed by atoms with E-state index < -0.39 is 0 Å². The van der Waals surface area contributed by atoms with E-state index >= 15 is 4.79 Å². The Hall–Kier alpha value is -4.22. The van der Waals surface area contributed by atoms with Crippen LogP contribution in [0, 0.1) is 0 Å². The molecule has 0 saturated heterocycles. The SMILES string of the molecule is CCCCCCCCCc1ccc(-c2c3cc([C@](C)(CCC)c4ccccc4)sc3c(-c3ccc(CCCCCCCC)s3)c3cc(-c4sc(C(C)(CCCC)c5ccccc5)c5c6c(sc45)C(=O)N(CCCCCCCC)C6=O)sc23)s1. The Labute approximate surface area is 522 Å². The molecule has 0 spiro atoms. The third-order valence-electron chi connectivity index (χ3n) is 18.1. The van der Waals surface area contributed by atoms with Gasteiger partial charge in [0, 0.05) is 88.2 Å². The van der Waals surface area contributed by atoms with Gasteiger partial charge in [-0.15, -0.1) is 68.0 Å². The fourth-order valence-electron chi connectivity index (χ4n) is 13.2. The van der Waals surface area contributed by atoms with Crippen LogP contribution in [0.15, 0.2) is 97.1 Å². The molecule has 0 radical (unpaired) electrons. The van der Waals surface area contributed by atoms with Gasteiger partial charge in [-0.05, 0) is 92.5 Å². The van der Waals surface area contributed by atoms with Crippen molar-refractivity contribution >= 4 is 110 Å². The lowest BCUT2D eigenvalue weighted by atomic mass is 9.76. The van der Waals surface area contributed by atoms with Crippen LogP contribution in [0.2, 0.25) is 0 Å². The molecule has 6 aromatic heterocycles. The number of fused-ring (bicyclic) bond motifs is 5. The molecule has 1 unspecified atom stereocenters. The van der Waals surface area contributed by atoms with Gasteiger partial charge in [-0.2, -0.15) is 0 Å². The number of imide groups is 1. The minimum absolute atomic E-state index is 0.0942. The van der Waals surface area contributed by atoms with Gasteiger partial charge >= 0.3 is 0 Å². The standard InChI is InChI=1S/C74H91NO2S6/c1-8-13-17-20-23-25-34-41-54-43-45-58(79-54)62-56-50-60(73(6,46-12-5)51-36-29-27-30-37-51)81-66(56)61(57-44-42-53(78-57)40-33-24-21-18-14-9-2)55-49-59(80-65(55)62)67-68-63(70(83-67)74(7,47-16-11-4)52-38-31-28-32-39-52)64-69(82-68)72(77)75(71(64)76)48-35-26-22-19-15-10-3/h27-32,36-39,42-45,49-50H,8-26,33-35,40-41,46-48H2,1-7H3/t73-,74?/m1/s1. The van der Waals surface area contributed by atoms with E-state index in [0.29, 0.717) is 17.0 Å². The predicted molar refractivity (Wildman–Crippen MR) is 370 cm³/mol. The van der Waals surface area contributed by atoms with E-state index in [-0.39, 0.29) is 22.6 Å². The molecule has 3 nitrogen and oxygen atoms in total. The van der Waals surface area contributed by atoms with Crippen molar-refractivity contribution in [1.82, 2.24) is 4.90 Å². The molecule has 2 amide bonds. The Morgan fingerprint density at radius 3 is 1.46 bits per heavy atom. The van der Waals surface area contributed by atoms with Crippen molar-refractivity contribution in [2.75, 3.05) is 6.54 Å². The minimum atomic E-state index is -0.370. The van der Waals surface area contributed by atoms with Crippen molar-refractivity contribution in [3.63, 3.8) is 0 Å². The summed E-state index contributed by atoms with van der Waals surface area (Å²) >= 11 is 11.5. The second-order valence-electron chi connectivity index (χ2n) is 24.4. The van der Waals surface area contributed by atoms with E-state index in [1.165, 1.54) is 184 Å². The molecule has 0 aliphatic carbocycles. The average Bonchev–Trinajstić information content (AvgIpc) is 1.65. The van der Waals surface area contributed by atoms with Crippen LogP contribution in [-0.2, 0) is 23.7 Å². The number of hydrogen-bond donors (Lipinski definition) is 0. The second kappa shape index (κ2) is 29.0. The molecule has 2 atom stereocenters. The Kier molecular flexibility index (Phi) is 21.6. The Morgan fingerprint density at radius 2 is 0.904 bits per heavy atom. The molecule has 9 aromatic rings. The molecule has 0 fully saturated rings. The number of hydrogen-bond acceptors (Lipinski definition) is 8. The van der Waals surface area contributed by atoms with Crippen LogP contribution in [0.5, 0.6) is 0 Å². The molecular weight excluding hydrogens is 1130 g/mol. The smallest absolute Gasteiger partial charge is 0.271 e. The first kappa shape index (κ1) is 61.9. The maximum atomic E-state index is 15.1. The highest BCUT2D eigenvalue weighted by atomic mass is 32.1. The molecule has 0 bridgehead atoms.